The molecule has 204 valence electrons. The Morgan fingerprint density at radius 2 is 1.11 bits per heavy atom. The van der Waals surface area contributed by atoms with Crippen molar-refractivity contribution in [2.45, 2.75) is 99.0 Å². The fourth-order valence-electron chi connectivity index (χ4n) is 3.72. The molecule has 0 radical (unpaired) electrons. The Kier molecular flexibility index (Phi) is 22.6. The van der Waals surface area contributed by atoms with Gasteiger partial charge in [0.05, 0.1) is 0 Å². The van der Waals surface area contributed by atoms with E-state index in [1.165, 1.54) is 56.9 Å². The van der Waals surface area contributed by atoms with Crippen molar-refractivity contribution in [1.82, 2.24) is 4.90 Å². The van der Waals surface area contributed by atoms with Gasteiger partial charge in [0.25, 0.3) is 0 Å². The quantitative estimate of drug-likeness (QED) is 0.214. The molecule has 0 bridgehead atoms. The first-order valence-electron chi connectivity index (χ1n) is 13.3. The molecule has 7 nitrogen and oxygen atoms in total. The van der Waals surface area contributed by atoms with Crippen LogP contribution in [-0.2, 0) is 22.6 Å². The number of aliphatic hydroxyl groups is 2. The number of aryl methyl sites for hydroxylation is 1. The van der Waals surface area contributed by atoms with E-state index in [2.05, 4.69) is 31.2 Å². The molecule has 0 atom stereocenters. The van der Waals surface area contributed by atoms with Crippen molar-refractivity contribution in [2.24, 2.45) is 5.41 Å². The Hall–Kier alpha value is -1.96. The number of hydrogen-bond acceptors (Lipinski definition) is 5. The van der Waals surface area contributed by atoms with Crippen LogP contribution in [0.1, 0.15) is 97.1 Å². The molecule has 0 saturated carbocycles. The summed E-state index contributed by atoms with van der Waals surface area (Å²) in [5.74, 6) is -2.49. The lowest BCUT2D eigenvalue weighted by Crippen LogP contribution is -2.63. The number of benzene rings is 1. The molecule has 0 unspecified atom stereocenters. The van der Waals surface area contributed by atoms with Gasteiger partial charge >= 0.3 is 11.9 Å². The van der Waals surface area contributed by atoms with Crippen LogP contribution in [0, 0.1) is 5.41 Å². The first kappa shape index (κ1) is 35.2. The van der Waals surface area contributed by atoms with Crippen LogP contribution in [0.3, 0.4) is 0 Å². The molecular weight excluding hydrogens is 446 g/mol. The molecule has 1 aliphatic heterocycles. The number of unbranched alkanes of at least 4 members (excludes halogenated alkanes) is 7. The Morgan fingerprint density at radius 1 is 0.743 bits per heavy atom. The van der Waals surface area contributed by atoms with Gasteiger partial charge in [0.1, 0.15) is 0 Å². The van der Waals surface area contributed by atoms with Crippen LogP contribution < -0.4 is 0 Å². The van der Waals surface area contributed by atoms with E-state index in [4.69, 9.17) is 20.4 Å². The average molecular weight is 498 g/mol. The zero-order valence-corrected chi connectivity index (χ0v) is 22.8. The molecule has 0 aromatic heterocycles. The van der Waals surface area contributed by atoms with Crippen LogP contribution in [0.4, 0.5) is 0 Å². The van der Waals surface area contributed by atoms with E-state index in [0.29, 0.717) is 6.54 Å². The lowest BCUT2D eigenvalue weighted by molar-refractivity contribution is -0.178. The molecular formula is C28H51NO6. The molecule has 2 rings (SSSR count). The fraction of sp³-hybridized carbons (Fsp3) is 0.714. The maximum atomic E-state index is 11.2. The van der Waals surface area contributed by atoms with Gasteiger partial charge in [0.15, 0.2) is 5.41 Å². The van der Waals surface area contributed by atoms with Crippen LogP contribution >= 0.6 is 0 Å². The number of hydrogen-bond donors (Lipinski definition) is 4. The minimum atomic E-state index is -1.63. The molecule has 7 heteroatoms. The number of carboxylic acids is 2. The number of nitrogens with zero attached hydrogens (tertiary/aromatic N) is 1. The summed E-state index contributed by atoms with van der Waals surface area (Å²) in [6, 6.07) is 8.42. The molecule has 1 aromatic carbocycles. The monoisotopic (exact) mass is 497 g/mol. The molecule has 35 heavy (non-hydrogen) atoms. The zero-order chi connectivity index (χ0) is 27.1. The molecule has 0 spiro atoms. The molecule has 0 aliphatic carbocycles. The van der Waals surface area contributed by atoms with E-state index in [0.717, 1.165) is 12.0 Å². The second-order valence-electron chi connectivity index (χ2n) is 8.51. The number of carboxylic acid groups (broad SMARTS) is 2. The minimum Gasteiger partial charge on any atom is -0.480 e. The second-order valence-corrected chi connectivity index (χ2v) is 8.51. The molecule has 0 amide bonds. The fourth-order valence-corrected chi connectivity index (χ4v) is 3.72. The minimum absolute atomic E-state index is 0.0671. The van der Waals surface area contributed by atoms with E-state index in [1.54, 1.807) is 13.8 Å². The molecule has 1 aliphatic rings. The van der Waals surface area contributed by atoms with E-state index < -0.39 is 17.4 Å². The average Bonchev–Trinajstić information content (AvgIpc) is 2.80. The van der Waals surface area contributed by atoms with Crippen LogP contribution in [0.5, 0.6) is 0 Å². The van der Waals surface area contributed by atoms with E-state index in [-0.39, 0.29) is 26.3 Å². The van der Waals surface area contributed by atoms with Crippen molar-refractivity contribution in [1.29, 1.82) is 0 Å². The van der Waals surface area contributed by atoms with Gasteiger partial charge in [-0.1, -0.05) is 90.0 Å². The summed E-state index contributed by atoms with van der Waals surface area (Å²) < 4.78 is 0. The summed E-state index contributed by atoms with van der Waals surface area (Å²) in [7, 11) is 0. The van der Waals surface area contributed by atoms with Gasteiger partial charge < -0.3 is 20.4 Å². The van der Waals surface area contributed by atoms with Crippen LogP contribution in [0.25, 0.3) is 0 Å². The van der Waals surface area contributed by atoms with Gasteiger partial charge in [-0.25, -0.2) is 0 Å². The first-order valence-corrected chi connectivity index (χ1v) is 13.3. The molecule has 1 saturated heterocycles. The summed E-state index contributed by atoms with van der Waals surface area (Å²) in [4.78, 5) is 24.3. The summed E-state index contributed by atoms with van der Waals surface area (Å²) in [5.41, 5.74) is 0.800. The van der Waals surface area contributed by atoms with Crippen LogP contribution in [0.15, 0.2) is 24.3 Å². The van der Waals surface area contributed by atoms with Crippen molar-refractivity contribution in [2.75, 3.05) is 26.3 Å². The van der Waals surface area contributed by atoms with Gasteiger partial charge in [-0.3, -0.25) is 14.5 Å². The number of carbonyl (C=O) groups is 2. The highest BCUT2D eigenvalue weighted by Crippen LogP contribution is 2.32. The Labute approximate surface area is 213 Å². The highest BCUT2D eigenvalue weighted by Gasteiger charge is 2.56. The largest absolute Gasteiger partial charge is 0.480 e. The van der Waals surface area contributed by atoms with Crippen LogP contribution in [0.2, 0.25) is 0 Å². The van der Waals surface area contributed by atoms with Crippen molar-refractivity contribution in [3.8, 4) is 0 Å². The van der Waals surface area contributed by atoms with Gasteiger partial charge in [-0.15, -0.1) is 0 Å². The standard InChI is InChI=1S/C22H33NO4.2C2H6O.C2H6/c1-2-3-4-5-6-7-8-9-10-18-11-13-19(14-12-18)15-23-16-22(17-23,20(24)25)21(26)27;2*1-2-3;1-2/h11-14H,2-10,15-17H2,1H3,(H,24,25)(H,26,27);2*3H,2H2,1H3;1-2H3. The highest BCUT2D eigenvalue weighted by atomic mass is 16.4. The molecule has 1 heterocycles. The topological polar surface area (TPSA) is 118 Å². The predicted octanol–water partition coefficient (Wildman–Crippen LogP) is 5.36. The Bertz CT molecular complexity index is 623. The normalized spacial score (nSPS) is 13.6. The van der Waals surface area contributed by atoms with E-state index >= 15 is 0 Å². The number of rotatable bonds is 13. The van der Waals surface area contributed by atoms with Gasteiger partial charge in [-0.2, -0.15) is 0 Å². The highest BCUT2D eigenvalue weighted by molar-refractivity contribution is 6.00. The molecule has 1 aromatic rings. The maximum absolute atomic E-state index is 11.2. The maximum Gasteiger partial charge on any atom is 0.323 e. The van der Waals surface area contributed by atoms with Gasteiger partial charge in [0, 0.05) is 32.8 Å². The lowest BCUT2D eigenvalue weighted by Gasteiger charge is -2.44. The SMILES string of the molecule is CC.CCCCCCCCCCc1ccc(CN2CC(C(=O)O)(C(=O)O)C2)cc1.CCO.CCO. The summed E-state index contributed by atoms with van der Waals surface area (Å²) in [6.45, 7) is 10.8. The Balaban J connectivity index is 0. The smallest absolute Gasteiger partial charge is 0.323 e. The number of aliphatic hydroxyl groups excluding tert-OH is 2. The van der Waals surface area contributed by atoms with Gasteiger partial charge in [0.2, 0.25) is 0 Å². The van der Waals surface area contributed by atoms with E-state index in [1.807, 2.05) is 18.7 Å². The summed E-state index contributed by atoms with van der Waals surface area (Å²) in [5, 5.41) is 33.4. The third-order valence-electron chi connectivity index (χ3n) is 5.55. The van der Waals surface area contributed by atoms with Crippen molar-refractivity contribution in [3.05, 3.63) is 35.4 Å². The number of likely N-dealkylation sites (tertiary alicyclic amines) is 1. The zero-order valence-electron chi connectivity index (χ0n) is 22.8. The third-order valence-corrected chi connectivity index (χ3v) is 5.55. The first-order chi connectivity index (χ1) is 16.8. The third kappa shape index (κ3) is 14.9. The van der Waals surface area contributed by atoms with Crippen molar-refractivity contribution in [3.63, 3.8) is 0 Å². The van der Waals surface area contributed by atoms with Crippen molar-refractivity contribution < 1.29 is 30.0 Å². The van der Waals surface area contributed by atoms with Gasteiger partial charge in [-0.05, 0) is 37.8 Å². The predicted molar refractivity (Wildman–Crippen MR) is 143 cm³/mol. The number of aliphatic carboxylic acids is 2. The Morgan fingerprint density at radius 3 is 1.51 bits per heavy atom. The lowest BCUT2D eigenvalue weighted by atomic mass is 9.79. The van der Waals surface area contributed by atoms with Crippen LogP contribution in [-0.4, -0.2) is 63.6 Å². The molecule has 1 fully saturated rings. The second kappa shape index (κ2) is 22.5. The van der Waals surface area contributed by atoms with Crippen molar-refractivity contribution >= 4 is 11.9 Å². The summed E-state index contributed by atoms with van der Waals surface area (Å²) >= 11 is 0. The van der Waals surface area contributed by atoms with E-state index in [9.17, 15) is 9.59 Å². The molecule has 4 N–H and O–H groups in total. The summed E-state index contributed by atoms with van der Waals surface area (Å²) in [6.07, 6.45) is 11.7.